The summed E-state index contributed by atoms with van der Waals surface area (Å²) in [6.45, 7) is 0.799. The predicted molar refractivity (Wildman–Crippen MR) is 95.0 cm³/mol. The smallest absolute Gasteiger partial charge is 0.262 e. The van der Waals surface area contributed by atoms with Crippen LogP contribution in [0.4, 0.5) is 10.1 Å². The Bertz CT molecular complexity index is 878. The summed E-state index contributed by atoms with van der Waals surface area (Å²) >= 11 is 0. The summed E-state index contributed by atoms with van der Waals surface area (Å²) in [4.78, 5) is 12.1. The number of nitrogens with zero attached hydrogens (tertiary/aromatic N) is 1. The lowest BCUT2D eigenvalue weighted by Crippen LogP contribution is -2.27. The molecule has 0 aliphatic carbocycles. The Morgan fingerprint density at radius 3 is 2.46 bits per heavy atom. The fraction of sp³-hybridized carbons (Fsp3) is 0.278. The Morgan fingerprint density at radius 1 is 1.12 bits per heavy atom. The number of halogens is 1. The van der Waals surface area contributed by atoms with Crippen molar-refractivity contribution in [1.82, 2.24) is 4.31 Å². The van der Waals surface area contributed by atoms with Gasteiger partial charge in [0.25, 0.3) is 5.91 Å². The number of anilines is 1. The van der Waals surface area contributed by atoms with Crippen LogP contribution < -0.4 is 10.1 Å². The second-order valence-electron chi connectivity index (χ2n) is 5.93. The van der Waals surface area contributed by atoms with Crippen LogP contribution in [0.5, 0.6) is 5.75 Å². The Kier molecular flexibility index (Phi) is 5.53. The van der Waals surface area contributed by atoms with Gasteiger partial charge in [0.2, 0.25) is 10.0 Å². The number of hydrogen-bond acceptors (Lipinski definition) is 4. The van der Waals surface area contributed by atoms with Crippen LogP contribution in [0.1, 0.15) is 12.8 Å². The highest BCUT2D eigenvalue weighted by molar-refractivity contribution is 7.89. The molecule has 1 amide bonds. The van der Waals surface area contributed by atoms with Crippen LogP contribution in [0.2, 0.25) is 0 Å². The van der Waals surface area contributed by atoms with Crippen molar-refractivity contribution < 1.29 is 22.3 Å². The maximum absolute atomic E-state index is 13.1. The first kappa shape index (κ1) is 18.3. The Hall–Kier alpha value is -2.45. The summed E-state index contributed by atoms with van der Waals surface area (Å²) in [5.74, 6) is -0.616. The summed E-state index contributed by atoms with van der Waals surface area (Å²) in [6, 6.07) is 11.5. The van der Waals surface area contributed by atoms with E-state index in [0.717, 1.165) is 12.8 Å². The van der Waals surface area contributed by atoms with E-state index in [2.05, 4.69) is 5.32 Å². The van der Waals surface area contributed by atoms with Gasteiger partial charge >= 0.3 is 0 Å². The van der Waals surface area contributed by atoms with Gasteiger partial charge in [-0.15, -0.1) is 0 Å². The van der Waals surface area contributed by atoms with Crippen molar-refractivity contribution in [1.29, 1.82) is 0 Å². The van der Waals surface area contributed by atoms with Crippen LogP contribution in [-0.2, 0) is 14.8 Å². The Morgan fingerprint density at radius 2 is 1.81 bits per heavy atom. The maximum Gasteiger partial charge on any atom is 0.262 e. The fourth-order valence-electron chi connectivity index (χ4n) is 2.69. The summed E-state index contributed by atoms with van der Waals surface area (Å²) in [5.41, 5.74) is 0.457. The third kappa shape index (κ3) is 4.39. The molecule has 2 aromatic carbocycles. The van der Waals surface area contributed by atoms with Gasteiger partial charge in [0.1, 0.15) is 11.6 Å². The number of benzene rings is 2. The largest absolute Gasteiger partial charge is 0.484 e. The van der Waals surface area contributed by atoms with E-state index in [0.29, 0.717) is 18.8 Å². The monoisotopic (exact) mass is 378 g/mol. The number of amides is 1. The minimum absolute atomic E-state index is 0.202. The van der Waals surface area contributed by atoms with E-state index in [1.807, 2.05) is 0 Å². The zero-order valence-electron chi connectivity index (χ0n) is 14.0. The van der Waals surface area contributed by atoms with Gasteiger partial charge in [-0.1, -0.05) is 6.07 Å². The normalized spacial score (nSPS) is 15.0. The molecule has 0 saturated carbocycles. The Labute approximate surface area is 151 Å². The third-order valence-corrected chi connectivity index (χ3v) is 5.92. The van der Waals surface area contributed by atoms with Crippen LogP contribution in [0, 0.1) is 5.82 Å². The highest BCUT2D eigenvalue weighted by atomic mass is 32.2. The molecule has 1 aliphatic rings. The molecule has 1 aliphatic heterocycles. The molecule has 1 saturated heterocycles. The highest BCUT2D eigenvalue weighted by Gasteiger charge is 2.26. The lowest BCUT2D eigenvalue weighted by molar-refractivity contribution is -0.118. The average Bonchev–Trinajstić information content (AvgIpc) is 3.16. The molecule has 26 heavy (non-hydrogen) atoms. The van der Waals surface area contributed by atoms with E-state index in [-0.39, 0.29) is 17.3 Å². The summed E-state index contributed by atoms with van der Waals surface area (Å²) in [5, 5.41) is 2.61. The van der Waals surface area contributed by atoms with Crippen molar-refractivity contribution in [2.45, 2.75) is 17.7 Å². The number of sulfonamides is 1. The molecule has 3 rings (SSSR count). The minimum Gasteiger partial charge on any atom is -0.484 e. The molecule has 0 radical (unpaired) electrons. The summed E-state index contributed by atoms with van der Waals surface area (Å²) < 4.78 is 44.6. The topological polar surface area (TPSA) is 75.7 Å². The fourth-order valence-corrected chi connectivity index (χ4v) is 4.21. The molecule has 138 valence electrons. The van der Waals surface area contributed by atoms with E-state index >= 15 is 0 Å². The molecule has 0 aromatic heterocycles. The number of carbonyl (C=O) groups excluding carboxylic acids is 1. The number of hydrogen-bond donors (Lipinski definition) is 1. The lowest BCUT2D eigenvalue weighted by Gasteiger charge is -2.15. The van der Waals surface area contributed by atoms with E-state index in [9.17, 15) is 17.6 Å². The molecule has 0 bridgehead atoms. The average molecular weight is 378 g/mol. The number of rotatable bonds is 6. The van der Waals surface area contributed by atoms with Crippen molar-refractivity contribution in [2.24, 2.45) is 0 Å². The van der Waals surface area contributed by atoms with Crippen molar-refractivity contribution in [3.05, 3.63) is 54.3 Å². The molecule has 2 aromatic rings. The van der Waals surface area contributed by atoms with Gasteiger partial charge in [0.15, 0.2) is 6.61 Å². The van der Waals surface area contributed by atoms with E-state index in [1.165, 1.54) is 46.8 Å². The van der Waals surface area contributed by atoms with Crippen LogP contribution >= 0.6 is 0 Å². The van der Waals surface area contributed by atoms with Gasteiger partial charge in [-0.25, -0.2) is 12.8 Å². The van der Waals surface area contributed by atoms with Crippen LogP contribution in [0.3, 0.4) is 0 Å². The van der Waals surface area contributed by atoms with Gasteiger partial charge in [0, 0.05) is 24.8 Å². The first-order valence-electron chi connectivity index (χ1n) is 8.23. The summed E-state index contributed by atoms with van der Waals surface area (Å²) in [7, 11) is -3.47. The van der Waals surface area contributed by atoms with E-state index in [4.69, 9.17) is 4.74 Å². The van der Waals surface area contributed by atoms with Crippen LogP contribution in [-0.4, -0.2) is 38.3 Å². The first-order valence-corrected chi connectivity index (χ1v) is 9.67. The molecule has 1 heterocycles. The maximum atomic E-state index is 13.1. The molecule has 0 atom stereocenters. The third-order valence-electron chi connectivity index (χ3n) is 4.01. The van der Waals surface area contributed by atoms with Crippen molar-refractivity contribution >= 4 is 21.6 Å². The second kappa shape index (κ2) is 7.84. The summed E-state index contributed by atoms with van der Waals surface area (Å²) in [6.07, 6.45) is 1.75. The molecular weight excluding hydrogens is 359 g/mol. The zero-order valence-corrected chi connectivity index (χ0v) is 14.8. The van der Waals surface area contributed by atoms with E-state index < -0.39 is 21.7 Å². The number of nitrogens with one attached hydrogen (secondary N) is 1. The van der Waals surface area contributed by atoms with Gasteiger partial charge in [-0.3, -0.25) is 4.79 Å². The van der Waals surface area contributed by atoms with Crippen molar-refractivity contribution in [2.75, 3.05) is 25.0 Å². The first-order chi connectivity index (χ1) is 12.4. The van der Waals surface area contributed by atoms with Gasteiger partial charge in [0.05, 0.1) is 4.90 Å². The molecule has 1 fully saturated rings. The van der Waals surface area contributed by atoms with Crippen LogP contribution in [0.15, 0.2) is 53.4 Å². The molecule has 0 spiro atoms. The van der Waals surface area contributed by atoms with Gasteiger partial charge in [-0.05, 0) is 49.2 Å². The second-order valence-corrected chi connectivity index (χ2v) is 7.87. The molecule has 8 heteroatoms. The molecule has 1 N–H and O–H groups in total. The lowest BCUT2D eigenvalue weighted by atomic mass is 10.3. The molecule has 0 unspecified atom stereocenters. The zero-order chi connectivity index (χ0) is 18.6. The van der Waals surface area contributed by atoms with Crippen molar-refractivity contribution in [3.63, 3.8) is 0 Å². The van der Waals surface area contributed by atoms with Gasteiger partial charge < -0.3 is 10.1 Å². The molecular formula is C18H19FN2O4S. The van der Waals surface area contributed by atoms with Gasteiger partial charge in [-0.2, -0.15) is 4.31 Å². The Balaban J connectivity index is 1.57. The van der Waals surface area contributed by atoms with Crippen molar-refractivity contribution in [3.8, 4) is 5.75 Å². The number of ether oxygens (including phenoxy) is 1. The SMILES string of the molecule is O=C(COc1cccc(F)c1)Nc1ccc(S(=O)(=O)N2CCCC2)cc1. The molecule has 6 nitrogen and oxygen atoms in total. The predicted octanol–water partition coefficient (Wildman–Crippen LogP) is 2.63. The minimum atomic E-state index is -3.47. The number of carbonyl (C=O) groups is 1. The van der Waals surface area contributed by atoms with Crippen LogP contribution in [0.25, 0.3) is 0 Å². The van der Waals surface area contributed by atoms with E-state index in [1.54, 1.807) is 6.07 Å². The standard InChI is InChI=1S/C18H19FN2O4S/c19-14-4-3-5-16(12-14)25-13-18(22)20-15-6-8-17(9-7-15)26(23,24)21-10-1-2-11-21/h3-9,12H,1-2,10-11,13H2,(H,20,22). The highest BCUT2D eigenvalue weighted by Crippen LogP contribution is 2.22. The quantitative estimate of drug-likeness (QED) is 0.838.